The van der Waals surface area contributed by atoms with Gasteiger partial charge >= 0.3 is 6.03 Å². The fourth-order valence-corrected chi connectivity index (χ4v) is 3.70. The van der Waals surface area contributed by atoms with Crippen LogP contribution in [0.2, 0.25) is 0 Å². The Labute approximate surface area is 195 Å². The van der Waals surface area contributed by atoms with Gasteiger partial charge in [-0.1, -0.05) is 36.8 Å². The number of nitrogens with zero attached hydrogens (tertiary/aromatic N) is 3. The first-order valence-corrected chi connectivity index (χ1v) is 11.0. The van der Waals surface area contributed by atoms with Crippen LogP contribution in [-0.2, 0) is 4.79 Å². The third-order valence-electron chi connectivity index (χ3n) is 5.59. The number of nitrogens with one attached hydrogen (secondary N) is 1. The topological polar surface area (TPSA) is 83.5 Å². The van der Waals surface area contributed by atoms with Gasteiger partial charge in [0, 0.05) is 31.6 Å². The van der Waals surface area contributed by atoms with E-state index in [-0.39, 0.29) is 24.5 Å². The number of hydrazone groups is 1. The van der Waals surface area contributed by atoms with Gasteiger partial charge < -0.3 is 19.7 Å². The van der Waals surface area contributed by atoms with E-state index in [4.69, 9.17) is 14.6 Å². The lowest BCUT2D eigenvalue weighted by molar-refractivity contribution is -0.133. The Hall–Kier alpha value is -3.55. The SMILES string of the molecule is CCCNC(=O)N(C)CC(=O)N1N=C(c2ccc(OC)cc2OC)C[C@H]1c1ccc(C)cc1. The number of benzene rings is 2. The monoisotopic (exact) mass is 452 g/mol. The van der Waals surface area contributed by atoms with Crippen molar-refractivity contribution in [1.29, 1.82) is 0 Å². The summed E-state index contributed by atoms with van der Waals surface area (Å²) in [7, 11) is 4.80. The number of carbonyl (C=O) groups excluding carboxylic acids is 2. The predicted molar refractivity (Wildman–Crippen MR) is 128 cm³/mol. The molecular formula is C25H32N4O4. The van der Waals surface area contributed by atoms with E-state index in [9.17, 15) is 9.59 Å². The number of amides is 3. The highest BCUT2D eigenvalue weighted by Crippen LogP contribution is 2.36. The minimum absolute atomic E-state index is 0.0750. The van der Waals surface area contributed by atoms with E-state index >= 15 is 0 Å². The van der Waals surface area contributed by atoms with E-state index in [0.717, 1.165) is 28.8 Å². The standard InChI is InChI=1S/C25H32N4O4/c1-6-13-26-25(31)28(3)16-24(30)29-22(18-9-7-17(2)8-10-18)15-21(27-29)20-12-11-19(32-4)14-23(20)33-5/h7-12,14,22H,6,13,15-16H2,1-5H3,(H,26,31)/t22-/m0/s1. The van der Waals surface area contributed by atoms with Crippen molar-refractivity contribution in [3.05, 3.63) is 59.2 Å². The molecule has 0 unspecified atom stereocenters. The van der Waals surface area contributed by atoms with Crippen LogP contribution in [0.15, 0.2) is 47.6 Å². The third kappa shape index (κ3) is 5.63. The van der Waals surface area contributed by atoms with Gasteiger partial charge in [0.1, 0.15) is 18.0 Å². The summed E-state index contributed by atoms with van der Waals surface area (Å²) in [5, 5.41) is 8.98. The van der Waals surface area contributed by atoms with Gasteiger partial charge in [-0.25, -0.2) is 9.80 Å². The maximum atomic E-state index is 13.3. The molecule has 0 radical (unpaired) electrons. The molecular weight excluding hydrogens is 420 g/mol. The summed E-state index contributed by atoms with van der Waals surface area (Å²) in [6.45, 7) is 4.49. The molecule has 2 aromatic rings. The Morgan fingerprint density at radius 3 is 2.52 bits per heavy atom. The van der Waals surface area contributed by atoms with Crippen LogP contribution in [0, 0.1) is 6.92 Å². The molecule has 0 aromatic heterocycles. The summed E-state index contributed by atoms with van der Waals surface area (Å²) in [6, 6.07) is 13.1. The summed E-state index contributed by atoms with van der Waals surface area (Å²) < 4.78 is 10.9. The lowest BCUT2D eigenvalue weighted by Gasteiger charge is -2.25. The summed E-state index contributed by atoms with van der Waals surface area (Å²) in [6.07, 6.45) is 1.36. The zero-order valence-corrected chi connectivity index (χ0v) is 19.9. The summed E-state index contributed by atoms with van der Waals surface area (Å²) in [4.78, 5) is 26.9. The van der Waals surface area contributed by atoms with Gasteiger partial charge in [0.2, 0.25) is 0 Å². The zero-order valence-electron chi connectivity index (χ0n) is 19.9. The van der Waals surface area contributed by atoms with Gasteiger partial charge in [-0.3, -0.25) is 4.79 Å². The van der Waals surface area contributed by atoms with Gasteiger partial charge in [0.25, 0.3) is 5.91 Å². The van der Waals surface area contributed by atoms with E-state index in [1.807, 2.05) is 50.2 Å². The van der Waals surface area contributed by atoms with E-state index in [0.29, 0.717) is 24.5 Å². The van der Waals surface area contributed by atoms with Crippen LogP contribution >= 0.6 is 0 Å². The highest BCUT2D eigenvalue weighted by atomic mass is 16.5. The molecule has 3 rings (SSSR count). The molecule has 0 fully saturated rings. The van der Waals surface area contributed by atoms with Crippen molar-refractivity contribution in [3.63, 3.8) is 0 Å². The van der Waals surface area contributed by atoms with Gasteiger partial charge in [0.15, 0.2) is 0 Å². The predicted octanol–water partition coefficient (Wildman–Crippen LogP) is 3.74. The van der Waals surface area contributed by atoms with E-state index in [1.54, 1.807) is 27.3 Å². The lowest BCUT2D eigenvalue weighted by atomic mass is 9.97. The number of hydrogen-bond acceptors (Lipinski definition) is 5. The van der Waals surface area contributed by atoms with Crippen LogP contribution in [0.1, 0.15) is 42.5 Å². The first kappa shape index (κ1) is 24.1. The number of rotatable bonds is 8. The zero-order chi connectivity index (χ0) is 24.0. The van der Waals surface area contributed by atoms with Crippen LogP contribution in [0.25, 0.3) is 0 Å². The Morgan fingerprint density at radius 1 is 1.15 bits per heavy atom. The van der Waals surface area contributed by atoms with Crippen molar-refractivity contribution < 1.29 is 19.1 Å². The van der Waals surface area contributed by atoms with Crippen molar-refractivity contribution in [1.82, 2.24) is 15.2 Å². The molecule has 3 amide bonds. The number of carbonyl (C=O) groups is 2. The number of likely N-dealkylation sites (N-methyl/N-ethyl adjacent to an activating group) is 1. The first-order chi connectivity index (χ1) is 15.9. The van der Waals surface area contributed by atoms with Crippen molar-refractivity contribution in [2.75, 3.05) is 34.4 Å². The lowest BCUT2D eigenvalue weighted by Crippen LogP contribution is -2.43. The van der Waals surface area contributed by atoms with Gasteiger partial charge in [-0.15, -0.1) is 0 Å². The second-order valence-electron chi connectivity index (χ2n) is 8.07. The summed E-state index contributed by atoms with van der Waals surface area (Å²) in [5.41, 5.74) is 3.67. The molecule has 1 aliphatic heterocycles. The molecule has 2 aromatic carbocycles. The Balaban J connectivity index is 1.91. The van der Waals surface area contributed by atoms with Crippen LogP contribution < -0.4 is 14.8 Å². The second-order valence-corrected chi connectivity index (χ2v) is 8.07. The maximum Gasteiger partial charge on any atom is 0.317 e. The van der Waals surface area contributed by atoms with Gasteiger partial charge in [0.05, 0.1) is 26.0 Å². The molecule has 8 heteroatoms. The molecule has 0 saturated heterocycles. The largest absolute Gasteiger partial charge is 0.497 e. The number of urea groups is 1. The van der Waals surface area contributed by atoms with Crippen molar-refractivity contribution in [2.24, 2.45) is 5.10 Å². The number of aryl methyl sites for hydroxylation is 1. The second kappa shape index (κ2) is 10.8. The minimum atomic E-state index is -0.280. The quantitative estimate of drug-likeness (QED) is 0.661. The van der Waals surface area contributed by atoms with E-state index < -0.39 is 0 Å². The molecule has 0 saturated carbocycles. The van der Waals surface area contributed by atoms with Crippen LogP contribution in [0.5, 0.6) is 11.5 Å². The molecule has 1 aliphatic rings. The molecule has 0 spiro atoms. The van der Waals surface area contributed by atoms with E-state index in [2.05, 4.69) is 5.32 Å². The Morgan fingerprint density at radius 2 is 1.88 bits per heavy atom. The fourth-order valence-electron chi connectivity index (χ4n) is 3.70. The van der Waals surface area contributed by atoms with Crippen molar-refractivity contribution in [3.8, 4) is 11.5 Å². The maximum absolute atomic E-state index is 13.3. The van der Waals surface area contributed by atoms with Crippen LogP contribution in [0.4, 0.5) is 4.79 Å². The van der Waals surface area contributed by atoms with Gasteiger partial charge in [-0.05, 0) is 31.0 Å². The highest BCUT2D eigenvalue weighted by molar-refractivity contribution is 6.05. The van der Waals surface area contributed by atoms with Crippen molar-refractivity contribution >= 4 is 17.6 Å². The molecule has 0 aliphatic carbocycles. The normalized spacial score (nSPS) is 15.1. The number of ether oxygens (including phenoxy) is 2. The minimum Gasteiger partial charge on any atom is -0.497 e. The Kier molecular flexibility index (Phi) is 7.92. The van der Waals surface area contributed by atoms with Crippen LogP contribution in [-0.4, -0.2) is 61.9 Å². The molecule has 1 atom stereocenters. The first-order valence-electron chi connectivity index (χ1n) is 11.0. The molecule has 8 nitrogen and oxygen atoms in total. The van der Waals surface area contributed by atoms with Crippen LogP contribution in [0.3, 0.4) is 0 Å². The van der Waals surface area contributed by atoms with Crippen molar-refractivity contribution in [2.45, 2.75) is 32.7 Å². The number of methoxy groups -OCH3 is 2. The smallest absolute Gasteiger partial charge is 0.317 e. The molecule has 33 heavy (non-hydrogen) atoms. The number of hydrogen-bond donors (Lipinski definition) is 1. The molecule has 176 valence electrons. The summed E-state index contributed by atoms with van der Waals surface area (Å²) >= 11 is 0. The molecule has 0 bridgehead atoms. The fraction of sp³-hybridized carbons (Fsp3) is 0.400. The summed E-state index contributed by atoms with van der Waals surface area (Å²) in [5.74, 6) is 1.05. The third-order valence-corrected chi connectivity index (χ3v) is 5.59. The van der Waals surface area contributed by atoms with E-state index in [1.165, 1.54) is 9.91 Å². The Bertz CT molecular complexity index is 1020. The average Bonchev–Trinajstić information content (AvgIpc) is 3.27. The highest BCUT2D eigenvalue weighted by Gasteiger charge is 2.34. The molecule has 1 heterocycles. The van der Waals surface area contributed by atoms with Gasteiger partial charge in [-0.2, -0.15) is 5.10 Å². The molecule has 1 N–H and O–H groups in total. The average molecular weight is 453 g/mol.